The van der Waals surface area contributed by atoms with Gasteiger partial charge in [-0.05, 0) is 0 Å². The molecule has 0 saturated carbocycles. The Labute approximate surface area is 141 Å². The molecule has 0 aromatic heterocycles. The Morgan fingerprint density at radius 3 is 2.05 bits per heavy atom. The van der Waals surface area contributed by atoms with E-state index in [-0.39, 0.29) is 0 Å². The van der Waals surface area contributed by atoms with Crippen molar-refractivity contribution in [2.24, 2.45) is 0 Å². The summed E-state index contributed by atoms with van der Waals surface area (Å²) in [5.41, 5.74) is 1.99. The molecule has 1 rings (SSSR count). The van der Waals surface area contributed by atoms with Crippen molar-refractivity contribution < 1.29 is 0 Å². The van der Waals surface area contributed by atoms with Gasteiger partial charge in [0.1, 0.15) is 0 Å². The van der Waals surface area contributed by atoms with Gasteiger partial charge in [-0.3, -0.25) is 0 Å². The first kappa shape index (κ1) is 19.3. The van der Waals surface area contributed by atoms with Gasteiger partial charge in [0.25, 0.3) is 0 Å². The van der Waals surface area contributed by atoms with E-state index in [0.717, 1.165) is 11.3 Å². The van der Waals surface area contributed by atoms with Gasteiger partial charge in [-0.1, -0.05) is 0 Å². The summed E-state index contributed by atoms with van der Waals surface area (Å²) in [7, 11) is -1.45. The Kier molecular flexibility index (Phi) is 7.96. The molecular formula is C16H36INP2. The number of nitrogens with zero attached hydrogens (tertiary/aromatic N) is 1. The first-order valence-electron chi connectivity index (χ1n) is 8.48. The summed E-state index contributed by atoms with van der Waals surface area (Å²) in [5.74, 6) is 2.33. The van der Waals surface area contributed by atoms with Crippen molar-refractivity contribution >= 4 is 34.5 Å². The van der Waals surface area contributed by atoms with E-state index in [9.17, 15) is 0 Å². The van der Waals surface area contributed by atoms with Crippen LogP contribution in [0.4, 0.5) is 0 Å². The second-order valence-electron chi connectivity index (χ2n) is 6.88. The van der Waals surface area contributed by atoms with Crippen molar-refractivity contribution in [3.8, 4) is 0 Å². The van der Waals surface area contributed by atoms with E-state index >= 15 is 0 Å². The van der Waals surface area contributed by atoms with Gasteiger partial charge in [0.05, 0.1) is 0 Å². The monoisotopic (exact) mass is 431 g/mol. The van der Waals surface area contributed by atoms with Gasteiger partial charge in [0, 0.05) is 0 Å². The fourth-order valence-corrected chi connectivity index (χ4v) is 24.9. The first-order valence-corrected chi connectivity index (χ1v) is 16.7. The molecule has 0 unspecified atom stereocenters. The SMILES string of the molecule is C=C[PH](C)(C)N(CCCC)[PH]1(I)[C@H](CC)CC[C@H]1CC. The van der Waals surface area contributed by atoms with Gasteiger partial charge in [0.15, 0.2) is 0 Å². The zero-order valence-corrected chi connectivity index (χ0v) is 18.4. The molecule has 1 nitrogen and oxygen atoms in total. The van der Waals surface area contributed by atoms with E-state index in [0.29, 0.717) is 0 Å². The van der Waals surface area contributed by atoms with Crippen LogP contribution in [0.3, 0.4) is 0 Å². The molecule has 1 heterocycles. The van der Waals surface area contributed by atoms with E-state index in [1.54, 1.807) is 0 Å². The molecule has 0 spiro atoms. The van der Waals surface area contributed by atoms with Crippen LogP contribution in [0.5, 0.6) is 0 Å². The summed E-state index contributed by atoms with van der Waals surface area (Å²) in [5, 5.41) is -1.37. The number of halogens is 1. The Bertz CT molecular complexity index is 308. The van der Waals surface area contributed by atoms with Crippen molar-refractivity contribution in [1.82, 2.24) is 4.44 Å². The number of hydrogen-bond donors (Lipinski definition) is 0. The normalized spacial score (nSPS) is 28.6. The molecule has 0 bridgehead atoms. The molecule has 2 atom stereocenters. The van der Waals surface area contributed by atoms with Crippen LogP contribution in [0.2, 0.25) is 0 Å². The standard InChI is InChI=1S/C16H36INP2/c1-7-11-14-18(19(5,6)10-4)20(17)15(8-2)12-13-16(20)9-3/h10,15-16,19-20H,4,7-9,11-14H2,1-3,5-6H3/t15-,16-/m1/s1. The molecule has 20 heavy (non-hydrogen) atoms. The third-order valence-corrected chi connectivity index (χ3v) is 23.9. The van der Waals surface area contributed by atoms with Gasteiger partial charge >= 0.3 is 142 Å². The second kappa shape index (κ2) is 8.23. The Morgan fingerprint density at radius 1 is 1.20 bits per heavy atom. The van der Waals surface area contributed by atoms with Crippen molar-refractivity contribution in [1.29, 1.82) is 0 Å². The van der Waals surface area contributed by atoms with Crippen LogP contribution in [0.1, 0.15) is 59.3 Å². The number of hydrogen-bond acceptors (Lipinski definition) is 1. The molecule has 0 N–H and O–H groups in total. The molecule has 4 heteroatoms. The third-order valence-electron chi connectivity index (χ3n) is 5.34. The second-order valence-corrected chi connectivity index (χ2v) is 20.4. The number of unbranched alkanes of at least 4 members (excludes halogenated alkanes) is 1. The zero-order valence-electron chi connectivity index (χ0n) is 14.2. The Balaban J connectivity index is 3.15. The summed E-state index contributed by atoms with van der Waals surface area (Å²) in [6, 6.07) is 0. The zero-order chi connectivity index (χ0) is 15.4. The van der Waals surface area contributed by atoms with E-state index in [1.807, 2.05) is 0 Å². The molecular weight excluding hydrogens is 395 g/mol. The van der Waals surface area contributed by atoms with E-state index < -0.39 is 12.5 Å². The Hall–Kier alpha value is 1.29. The van der Waals surface area contributed by atoms with Crippen molar-refractivity contribution in [3.63, 3.8) is 0 Å². The van der Waals surface area contributed by atoms with Gasteiger partial charge in [-0.2, -0.15) is 0 Å². The van der Waals surface area contributed by atoms with Crippen LogP contribution >= 0.6 is 34.5 Å². The first-order chi connectivity index (χ1) is 9.38. The van der Waals surface area contributed by atoms with Crippen molar-refractivity contribution in [3.05, 3.63) is 12.4 Å². The minimum atomic E-state index is -1.45. The van der Waals surface area contributed by atoms with Crippen LogP contribution < -0.4 is 0 Å². The quantitative estimate of drug-likeness (QED) is 0.312. The predicted molar refractivity (Wildman–Crippen MR) is 112 cm³/mol. The molecule has 0 aromatic carbocycles. The maximum atomic E-state index is 4.20. The van der Waals surface area contributed by atoms with Gasteiger partial charge in [0.2, 0.25) is 0 Å². The summed E-state index contributed by atoms with van der Waals surface area (Å²) in [6.45, 7) is 17.7. The molecule has 122 valence electrons. The van der Waals surface area contributed by atoms with Gasteiger partial charge in [-0.25, -0.2) is 0 Å². The summed E-state index contributed by atoms with van der Waals surface area (Å²) >= 11 is 2.99. The summed E-state index contributed by atoms with van der Waals surface area (Å²) in [6.07, 6.45) is 8.40. The average molecular weight is 431 g/mol. The van der Waals surface area contributed by atoms with Crippen LogP contribution in [0.15, 0.2) is 12.4 Å². The van der Waals surface area contributed by atoms with E-state index in [2.05, 4.69) is 73.0 Å². The molecule has 1 aliphatic rings. The molecule has 1 saturated heterocycles. The Morgan fingerprint density at radius 2 is 1.70 bits per heavy atom. The van der Waals surface area contributed by atoms with Crippen LogP contribution in [0.25, 0.3) is 0 Å². The summed E-state index contributed by atoms with van der Waals surface area (Å²) in [4.78, 5) is 0. The van der Waals surface area contributed by atoms with Crippen molar-refractivity contribution in [2.75, 3.05) is 19.9 Å². The molecule has 0 radical (unpaired) electrons. The summed E-state index contributed by atoms with van der Waals surface area (Å²) < 4.78 is 3.06. The van der Waals surface area contributed by atoms with Crippen molar-refractivity contribution in [2.45, 2.75) is 70.6 Å². The predicted octanol–water partition coefficient (Wildman–Crippen LogP) is 6.52. The molecule has 0 amide bonds. The maximum absolute atomic E-state index is 4.20. The molecule has 1 aliphatic heterocycles. The average Bonchev–Trinajstić information content (AvgIpc) is 2.75. The fraction of sp³-hybridized carbons (Fsp3) is 0.875. The fourth-order valence-electron chi connectivity index (χ4n) is 3.89. The van der Waals surface area contributed by atoms with Gasteiger partial charge in [-0.15, -0.1) is 0 Å². The topological polar surface area (TPSA) is 3.24 Å². The van der Waals surface area contributed by atoms with Crippen LogP contribution in [-0.4, -0.2) is 35.6 Å². The van der Waals surface area contributed by atoms with E-state index in [1.165, 1.54) is 45.1 Å². The molecule has 1 fully saturated rings. The van der Waals surface area contributed by atoms with Crippen LogP contribution in [0, 0.1) is 0 Å². The number of rotatable bonds is 8. The molecule has 0 aliphatic carbocycles. The van der Waals surface area contributed by atoms with Crippen LogP contribution in [-0.2, 0) is 0 Å². The van der Waals surface area contributed by atoms with E-state index in [4.69, 9.17) is 0 Å². The third kappa shape index (κ3) is 3.79. The minimum absolute atomic E-state index is 0.997. The molecule has 0 aromatic rings. The van der Waals surface area contributed by atoms with Gasteiger partial charge < -0.3 is 0 Å².